The summed E-state index contributed by atoms with van der Waals surface area (Å²) in [4.78, 5) is 2.39. The van der Waals surface area contributed by atoms with Gasteiger partial charge in [-0.05, 0) is 32.4 Å². The molecule has 2 rings (SSSR count). The Hall–Kier alpha value is -0.160. The molecule has 0 spiro atoms. The van der Waals surface area contributed by atoms with Crippen LogP contribution < -0.4 is 5.32 Å². The Morgan fingerprint density at radius 2 is 1.52 bits per heavy atom. The second-order valence-corrected chi connectivity index (χ2v) is 8.28. The first-order chi connectivity index (χ1) is 12.2. The monoisotopic (exact) mass is 354 g/mol. The summed E-state index contributed by atoms with van der Waals surface area (Å²) in [6.07, 6.45) is 15.9. The molecule has 0 aromatic rings. The second kappa shape index (κ2) is 12.3. The summed E-state index contributed by atoms with van der Waals surface area (Å²) in [5.74, 6) is 0. The molecule has 4 nitrogen and oxygen atoms in total. The normalized spacial score (nSPS) is 30.4. The SMILES string of the molecule is CCCCCCCCCCCCN[C@H]1[C@H](O)[C@@H](O)CN2CCCC[C@H]12. The van der Waals surface area contributed by atoms with E-state index in [1.165, 1.54) is 77.0 Å². The Bertz CT molecular complexity index is 340. The van der Waals surface area contributed by atoms with E-state index >= 15 is 0 Å². The van der Waals surface area contributed by atoms with E-state index in [1.54, 1.807) is 0 Å². The number of hydrogen-bond donors (Lipinski definition) is 3. The first-order valence-corrected chi connectivity index (χ1v) is 11.1. The molecule has 4 heteroatoms. The number of hydrogen-bond acceptors (Lipinski definition) is 4. The highest BCUT2D eigenvalue weighted by atomic mass is 16.3. The summed E-state index contributed by atoms with van der Waals surface area (Å²) in [6, 6.07) is 0.456. The maximum atomic E-state index is 10.4. The molecule has 2 fully saturated rings. The molecule has 2 aliphatic rings. The summed E-state index contributed by atoms with van der Waals surface area (Å²) < 4.78 is 0. The zero-order chi connectivity index (χ0) is 17.9. The van der Waals surface area contributed by atoms with Crippen LogP contribution in [0.1, 0.15) is 90.4 Å². The van der Waals surface area contributed by atoms with Gasteiger partial charge in [0.15, 0.2) is 0 Å². The second-order valence-electron chi connectivity index (χ2n) is 8.28. The van der Waals surface area contributed by atoms with Crippen LogP contribution in [0, 0.1) is 0 Å². The Labute approximate surface area is 155 Å². The number of nitrogens with one attached hydrogen (secondary N) is 1. The number of nitrogens with zero attached hydrogens (tertiary/aromatic N) is 1. The molecule has 2 saturated heterocycles. The number of fused-ring (bicyclic) bond motifs is 1. The Morgan fingerprint density at radius 1 is 0.880 bits per heavy atom. The van der Waals surface area contributed by atoms with Crippen LogP contribution >= 0.6 is 0 Å². The predicted molar refractivity (Wildman–Crippen MR) is 105 cm³/mol. The van der Waals surface area contributed by atoms with Crippen molar-refractivity contribution in [2.75, 3.05) is 19.6 Å². The summed E-state index contributed by atoms with van der Waals surface area (Å²) in [5, 5.41) is 24.1. The van der Waals surface area contributed by atoms with Gasteiger partial charge in [0.05, 0.1) is 18.2 Å². The number of aliphatic hydroxyl groups excluding tert-OH is 2. The van der Waals surface area contributed by atoms with Gasteiger partial charge >= 0.3 is 0 Å². The van der Waals surface area contributed by atoms with Gasteiger partial charge in [-0.2, -0.15) is 0 Å². The number of unbranched alkanes of at least 4 members (excludes halogenated alkanes) is 9. The van der Waals surface area contributed by atoms with Crippen molar-refractivity contribution in [2.45, 2.75) is 115 Å². The van der Waals surface area contributed by atoms with Crippen LogP contribution in [0.2, 0.25) is 0 Å². The third-order valence-electron chi connectivity index (χ3n) is 6.17. The van der Waals surface area contributed by atoms with Crippen molar-refractivity contribution in [1.29, 1.82) is 0 Å². The molecule has 0 radical (unpaired) electrons. The fourth-order valence-corrected chi connectivity index (χ4v) is 4.60. The van der Waals surface area contributed by atoms with E-state index in [2.05, 4.69) is 17.1 Å². The van der Waals surface area contributed by atoms with E-state index in [1.807, 2.05) is 0 Å². The van der Waals surface area contributed by atoms with Crippen LogP contribution in [0.15, 0.2) is 0 Å². The van der Waals surface area contributed by atoms with Crippen molar-refractivity contribution in [3.8, 4) is 0 Å². The lowest BCUT2D eigenvalue weighted by atomic mass is 9.85. The highest BCUT2D eigenvalue weighted by Gasteiger charge is 2.42. The summed E-state index contributed by atoms with van der Waals surface area (Å²) in [5.41, 5.74) is 0. The first-order valence-electron chi connectivity index (χ1n) is 11.1. The molecular formula is C21H42N2O2. The molecule has 2 aliphatic heterocycles. The maximum Gasteiger partial charge on any atom is 0.0979 e. The number of piperidine rings is 2. The Morgan fingerprint density at radius 3 is 2.20 bits per heavy atom. The van der Waals surface area contributed by atoms with Gasteiger partial charge in [-0.25, -0.2) is 0 Å². The van der Waals surface area contributed by atoms with Crippen LogP contribution in [0.5, 0.6) is 0 Å². The van der Waals surface area contributed by atoms with Gasteiger partial charge in [0, 0.05) is 12.6 Å². The minimum absolute atomic E-state index is 0.0441. The minimum atomic E-state index is -0.609. The first kappa shape index (κ1) is 21.1. The summed E-state index contributed by atoms with van der Waals surface area (Å²) >= 11 is 0. The van der Waals surface area contributed by atoms with E-state index in [0.717, 1.165) is 19.5 Å². The third kappa shape index (κ3) is 7.16. The largest absolute Gasteiger partial charge is 0.389 e. The van der Waals surface area contributed by atoms with Crippen molar-refractivity contribution in [2.24, 2.45) is 0 Å². The molecule has 0 bridgehead atoms. The van der Waals surface area contributed by atoms with Gasteiger partial charge in [-0.1, -0.05) is 71.1 Å². The zero-order valence-electron chi connectivity index (χ0n) is 16.5. The maximum absolute atomic E-state index is 10.4. The van der Waals surface area contributed by atoms with Gasteiger partial charge in [0.1, 0.15) is 0 Å². The molecule has 0 aliphatic carbocycles. The van der Waals surface area contributed by atoms with Crippen LogP contribution in [-0.4, -0.2) is 59.0 Å². The molecule has 0 amide bonds. The van der Waals surface area contributed by atoms with Crippen molar-refractivity contribution >= 4 is 0 Å². The molecule has 25 heavy (non-hydrogen) atoms. The minimum Gasteiger partial charge on any atom is -0.389 e. The Balaban J connectivity index is 1.53. The van der Waals surface area contributed by atoms with Crippen molar-refractivity contribution in [3.63, 3.8) is 0 Å². The quantitative estimate of drug-likeness (QED) is 0.470. The molecule has 3 N–H and O–H groups in total. The predicted octanol–water partition coefficient (Wildman–Crippen LogP) is 3.46. The lowest BCUT2D eigenvalue weighted by Gasteiger charge is -2.48. The van der Waals surface area contributed by atoms with Crippen LogP contribution in [-0.2, 0) is 0 Å². The van der Waals surface area contributed by atoms with Gasteiger partial charge in [0.25, 0.3) is 0 Å². The lowest BCUT2D eigenvalue weighted by molar-refractivity contribution is -0.0917. The van der Waals surface area contributed by atoms with Gasteiger partial charge in [-0.3, -0.25) is 4.90 Å². The molecule has 148 valence electrons. The molecule has 0 saturated carbocycles. The van der Waals surface area contributed by atoms with Crippen molar-refractivity contribution in [1.82, 2.24) is 10.2 Å². The standard InChI is InChI=1S/C21H42N2O2/c1-2-3-4-5-6-7-8-9-10-12-15-22-20-18-14-11-13-16-23(18)17-19(24)21(20)25/h18-22,24-25H,2-17H2,1H3/t18-,19+,20-,21-/m1/s1. The topological polar surface area (TPSA) is 55.7 Å². The Kier molecular flexibility index (Phi) is 10.4. The molecule has 0 unspecified atom stereocenters. The van der Waals surface area contributed by atoms with E-state index in [0.29, 0.717) is 12.6 Å². The molecule has 0 aromatic heterocycles. The average molecular weight is 355 g/mol. The van der Waals surface area contributed by atoms with Crippen molar-refractivity contribution in [3.05, 3.63) is 0 Å². The molecular weight excluding hydrogens is 312 g/mol. The fourth-order valence-electron chi connectivity index (χ4n) is 4.60. The van der Waals surface area contributed by atoms with Crippen molar-refractivity contribution < 1.29 is 10.2 Å². The molecule has 4 atom stereocenters. The van der Waals surface area contributed by atoms with Crippen LogP contribution in [0.25, 0.3) is 0 Å². The molecule has 0 aromatic carbocycles. The van der Waals surface area contributed by atoms with Gasteiger partial charge < -0.3 is 15.5 Å². The van der Waals surface area contributed by atoms with Gasteiger partial charge in [-0.15, -0.1) is 0 Å². The smallest absolute Gasteiger partial charge is 0.0979 e. The highest BCUT2D eigenvalue weighted by molar-refractivity contribution is 4.99. The fraction of sp³-hybridized carbons (Fsp3) is 1.00. The average Bonchev–Trinajstić information content (AvgIpc) is 2.62. The van der Waals surface area contributed by atoms with E-state index < -0.39 is 12.2 Å². The summed E-state index contributed by atoms with van der Waals surface area (Å²) in [6.45, 7) is 4.95. The van der Waals surface area contributed by atoms with E-state index in [4.69, 9.17) is 0 Å². The van der Waals surface area contributed by atoms with Crippen LogP contribution in [0.3, 0.4) is 0 Å². The number of aliphatic hydroxyl groups is 2. The molecule has 2 heterocycles. The number of rotatable bonds is 12. The highest BCUT2D eigenvalue weighted by Crippen LogP contribution is 2.27. The van der Waals surface area contributed by atoms with Gasteiger partial charge in [0.2, 0.25) is 0 Å². The van der Waals surface area contributed by atoms with E-state index in [9.17, 15) is 10.2 Å². The third-order valence-corrected chi connectivity index (χ3v) is 6.17. The summed E-state index contributed by atoms with van der Waals surface area (Å²) in [7, 11) is 0. The lowest BCUT2D eigenvalue weighted by Crippen LogP contribution is -2.66. The van der Waals surface area contributed by atoms with E-state index in [-0.39, 0.29) is 6.04 Å². The van der Waals surface area contributed by atoms with Crippen LogP contribution in [0.4, 0.5) is 0 Å². The zero-order valence-corrected chi connectivity index (χ0v) is 16.5.